The number of pyridine rings is 1. The van der Waals surface area contributed by atoms with Gasteiger partial charge in [-0.2, -0.15) is 13.2 Å². The van der Waals surface area contributed by atoms with Crippen LogP contribution in [-0.4, -0.2) is 55.0 Å². The summed E-state index contributed by atoms with van der Waals surface area (Å²) in [7, 11) is -2.38. The topological polar surface area (TPSA) is 79.4 Å². The van der Waals surface area contributed by atoms with Gasteiger partial charge in [0, 0.05) is 13.1 Å². The van der Waals surface area contributed by atoms with Crippen molar-refractivity contribution in [3.05, 3.63) is 57.3 Å². The van der Waals surface area contributed by atoms with Crippen molar-refractivity contribution >= 4 is 44.6 Å². The quantitative estimate of drug-likeness (QED) is 0.611. The van der Waals surface area contributed by atoms with Crippen LogP contribution in [0.1, 0.15) is 29.3 Å². The maximum Gasteiger partial charge on any atom is 0.414 e. The Bertz CT molecular complexity index is 1210. The highest BCUT2D eigenvalue weighted by molar-refractivity contribution is 7.91. The number of fused-ring (bicyclic) bond motifs is 1. The lowest BCUT2D eigenvalue weighted by Gasteiger charge is -2.31. The lowest BCUT2D eigenvalue weighted by atomic mass is 10.0. The molecule has 3 unspecified atom stereocenters. The van der Waals surface area contributed by atoms with Crippen LogP contribution in [0.2, 0.25) is 10.0 Å². The van der Waals surface area contributed by atoms with E-state index < -0.39 is 39.6 Å². The van der Waals surface area contributed by atoms with E-state index in [9.17, 15) is 26.4 Å². The molecule has 4 rings (SSSR count). The Balaban J connectivity index is 1.48. The van der Waals surface area contributed by atoms with Gasteiger partial charge in [0.15, 0.2) is 15.9 Å². The summed E-state index contributed by atoms with van der Waals surface area (Å²) in [5, 5.41) is 4.23. The fourth-order valence-electron chi connectivity index (χ4n) is 4.61. The number of rotatable bonds is 5. The predicted molar refractivity (Wildman–Crippen MR) is 124 cm³/mol. The monoisotopic (exact) mass is 535 g/mol. The van der Waals surface area contributed by atoms with Gasteiger partial charge in [-0.3, -0.25) is 9.78 Å². The normalized spacial score (nSPS) is 22.3. The second-order valence-electron chi connectivity index (χ2n) is 8.71. The molecule has 1 aromatic carbocycles. The smallest absolute Gasteiger partial charge is 0.380 e. The summed E-state index contributed by atoms with van der Waals surface area (Å²) >= 11 is 12.4. The summed E-state index contributed by atoms with van der Waals surface area (Å²) in [6.45, 7) is 0. The van der Waals surface area contributed by atoms with Crippen molar-refractivity contribution in [1.29, 1.82) is 0 Å². The summed E-state index contributed by atoms with van der Waals surface area (Å²) in [5.41, 5.74) is 2.19. The molecule has 12 heteroatoms. The van der Waals surface area contributed by atoms with Crippen LogP contribution < -0.4 is 5.32 Å². The first kappa shape index (κ1) is 25.1. The summed E-state index contributed by atoms with van der Waals surface area (Å²) in [6, 6.07) is 4.04. The molecule has 34 heavy (non-hydrogen) atoms. The van der Waals surface area contributed by atoms with Crippen LogP contribution in [-0.2, 0) is 27.5 Å². The second-order valence-corrected chi connectivity index (χ2v) is 11.7. The van der Waals surface area contributed by atoms with E-state index in [4.69, 9.17) is 23.2 Å². The zero-order chi connectivity index (χ0) is 24.8. The Labute approximate surface area is 205 Å². The highest BCUT2D eigenvalue weighted by Gasteiger charge is 2.48. The molecule has 1 N–H and O–H groups in total. The highest BCUT2D eigenvalue weighted by Crippen LogP contribution is 2.38. The third-order valence-electron chi connectivity index (χ3n) is 6.27. The minimum absolute atomic E-state index is 0.0192. The number of hydrogen-bond acceptors (Lipinski definition) is 5. The Morgan fingerprint density at radius 1 is 1.21 bits per heavy atom. The third kappa shape index (κ3) is 5.13. The van der Waals surface area contributed by atoms with Crippen molar-refractivity contribution in [2.75, 3.05) is 23.9 Å². The molecule has 0 saturated carbocycles. The number of hydrogen-bond donors (Lipinski definition) is 1. The fraction of sp³-hybridized carbons (Fsp3) is 0.455. The maximum absolute atomic E-state index is 13.9. The molecule has 2 heterocycles. The zero-order valence-corrected chi connectivity index (χ0v) is 20.4. The van der Waals surface area contributed by atoms with E-state index in [-0.39, 0.29) is 23.9 Å². The first-order valence-corrected chi connectivity index (χ1v) is 13.2. The lowest BCUT2D eigenvalue weighted by Crippen LogP contribution is -2.43. The molecule has 1 saturated heterocycles. The van der Waals surface area contributed by atoms with Gasteiger partial charge in [0.1, 0.15) is 0 Å². The lowest BCUT2D eigenvalue weighted by molar-refractivity contribution is -0.191. The number of aromatic nitrogens is 1. The number of halogens is 5. The van der Waals surface area contributed by atoms with Gasteiger partial charge >= 0.3 is 6.18 Å². The minimum atomic E-state index is -4.78. The Kier molecular flexibility index (Phi) is 6.78. The average Bonchev–Trinajstić information content (AvgIpc) is 3.33. The van der Waals surface area contributed by atoms with Crippen LogP contribution >= 0.6 is 23.2 Å². The number of alkyl halides is 3. The minimum Gasteiger partial charge on any atom is -0.380 e. The van der Waals surface area contributed by atoms with Crippen LogP contribution in [0.25, 0.3) is 0 Å². The molecule has 3 atom stereocenters. The SMILES string of the molecule is CN(C(=O)C1CCS(=O)(=O)C1)C(c1ccc(NC2Cc3ccc(Cl)c(Cl)c3C2)cn1)C(F)(F)F. The molecule has 1 aliphatic heterocycles. The van der Waals surface area contributed by atoms with E-state index in [2.05, 4.69) is 10.3 Å². The molecule has 1 aliphatic carbocycles. The van der Waals surface area contributed by atoms with Crippen LogP contribution in [0.5, 0.6) is 0 Å². The molecule has 0 radical (unpaired) electrons. The molecule has 2 aromatic rings. The summed E-state index contributed by atoms with van der Waals surface area (Å²) in [5.74, 6) is -2.47. The predicted octanol–water partition coefficient (Wildman–Crippen LogP) is 4.46. The van der Waals surface area contributed by atoms with Crippen molar-refractivity contribution in [2.45, 2.75) is 37.5 Å². The van der Waals surface area contributed by atoms with E-state index in [1.165, 1.54) is 18.3 Å². The van der Waals surface area contributed by atoms with Gasteiger partial charge in [0.05, 0.1) is 45.0 Å². The van der Waals surface area contributed by atoms with Crippen LogP contribution in [0.4, 0.5) is 18.9 Å². The Morgan fingerprint density at radius 3 is 2.53 bits per heavy atom. The Hall–Kier alpha value is -2.04. The molecule has 0 bridgehead atoms. The van der Waals surface area contributed by atoms with Crippen molar-refractivity contribution in [3.8, 4) is 0 Å². The average molecular weight is 536 g/mol. The number of carbonyl (C=O) groups excluding carboxylic acids is 1. The number of benzene rings is 1. The van der Waals surface area contributed by atoms with Crippen LogP contribution in [0.3, 0.4) is 0 Å². The third-order valence-corrected chi connectivity index (χ3v) is 8.89. The molecule has 2 aliphatic rings. The van der Waals surface area contributed by atoms with E-state index in [0.717, 1.165) is 18.2 Å². The number of anilines is 1. The van der Waals surface area contributed by atoms with Gasteiger partial charge in [-0.05, 0) is 48.6 Å². The first-order valence-electron chi connectivity index (χ1n) is 10.6. The van der Waals surface area contributed by atoms with Gasteiger partial charge < -0.3 is 10.2 Å². The summed E-state index contributed by atoms with van der Waals surface area (Å²) in [4.78, 5) is 17.2. The van der Waals surface area contributed by atoms with E-state index in [1.54, 1.807) is 6.07 Å². The zero-order valence-electron chi connectivity index (χ0n) is 18.1. The number of amides is 1. The standard InChI is InChI=1S/C22H22Cl2F3N3O3S/c1-30(21(31)13-6-7-34(32,33)11-13)20(22(25,26)27)18-5-3-14(10-28-18)29-15-8-12-2-4-17(23)19(24)16(12)9-15/h2-5,10,13,15,20,29H,6-9,11H2,1H3. The largest absolute Gasteiger partial charge is 0.414 e. The van der Waals surface area contributed by atoms with E-state index >= 15 is 0 Å². The second kappa shape index (κ2) is 9.20. The summed E-state index contributed by atoms with van der Waals surface area (Å²) < 4.78 is 65.1. The van der Waals surface area contributed by atoms with E-state index in [0.29, 0.717) is 33.5 Å². The molecule has 0 spiro atoms. The molecular formula is C22H22Cl2F3N3O3S. The number of carbonyl (C=O) groups is 1. The van der Waals surface area contributed by atoms with Gasteiger partial charge in [-0.1, -0.05) is 29.3 Å². The number of sulfone groups is 1. The van der Waals surface area contributed by atoms with Crippen molar-refractivity contribution in [1.82, 2.24) is 9.88 Å². The molecule has 1 aromatic heterocycles. The van der Waals surface area contributed by atoms with E-state index in [1.807, 2.05) is 6.07 Å². The maximum atomic E-state index is 13.9. The number of nitrogens with zero attached hydrogens (tertiary/aromatic N) is 2. The van der Waals surface area contributed by atoms with Crippen LogP contribution in [0, 0.1) is 5.92 Å². The molecule has 1 fully saturated rings. The molecule has 6 nitrogen and oxygen atoms in total. The van der Waals surface area contributed by atoms with Gasteiger partial charge in [0.2, 0.25) is 5.91 Å². The highest BCUT2D eigenvalue weighted by atomic mass is 35.5. The number of nitrogens with one attached hydrogen (secondary N) is 1. The van der Waals surface area contributed by atoms with Gasteiger partial charge in [-0.15, -0.1) is 0 Å². The molecular weight excluding hydrogens is 514 g/mol. The van der Waals surface area contributed by atoms with Crippen molar-refractivity contribution in [3.63, 3.8) is 0 Å². The fourth-order valence-corrected chi connectivity index (χ4v) is 6.78. The van der Waals surface area contributed by atoms with Crippen LogP contribution in [0.15, 0.2) is 30.5 Å². The Morgan fingerprint density at radius 2 is 1.94 bits per heavy atom. The summed E-state index contributed by atoms with van der Waals surface area (Å²) in [6.07, 6.45) is -2.17. The van der Waals surface area contributed by atoms with Gasteiger partial charge in [0.25, 0.3) is 0 Å². The van der Waals surface area contributed by atoms with Gasteiger partial charge in [-0.25, -0.2) is 8.42 Å². The first-order chi connectivity index (χ1) is 15.9. The van der Waals surface area contributed by atoms with Crippen molar-refractivity contribution in [2.24, 2.45) is 5.92 Å². The molecule has 184 valence electrons. The van der Waals surface area contributed by atoms with Crippen molar-refractivity contribution < 1.29 is 26.4 Å². The molecule has 1 amide bonds.